The van der Waals surface area contributed by atoms with Gasteiger partial charge in [-0.15, -0.1) is 0 Å². The number of benzene rings is 1. The highest BCUT2D eigenvalue weighted by molar-refractivity contribution is 9.10. The predicted molar refractivity (Wildman–Crippen MR) is 66.4 cm³/mol. The second-order valence-electron chi connectivity index (χ2n) is 3.43. The Morgan fingerprint density at radius 1 is 1.33 bits per heavy atom. The smallest absolute Gasteiger partial charge is 0.140 e. The maximum atomic E-state index is 6.11. The van der Waals surface area contributed by atoms with Crippen molar-refractivity contribution in [3.8, 4) is 0 Å². The molecule has 0 aliphatic rings. The molecule has 0 atom stereocenters. The highest BCUT2D eigenvalue weighted by Crippen LogP contribution is 2.28. The van der Waals surface area contributed by atoms with Crippen molar-refractivity contribution in [2.24, 2.45) is 0 Å². The summed E-state index contributed by atoms with van der Waals surface area (Å²) >= 11 is 9.61. The number of aromatic nitrogens is 2. The first-order valence-corrected chi connectivity index (χ1v) is 5.91. The minimum absolute atomic E-state index is 0.529. The Morgan fingerprint density at radius 3 is 2.73 bits per heavy atom. The first-order valence-electron chi connectivity index (χ1n) is 4.74. The van der Waals surface area contributed by atoms with Crippen LogP contribution in [-0.4, -0.2) is 9.97 Å². The van der Waals surface area contributed by atoms with Crippen molar-refractivity contribution in [3.05, 3.63) is 33.1 Å². The molecule has 1 aromatic heterocycles. The zero-order valence-corrected chi connectivity index (χ0v) is 10.9. The molecule has 1 heterocycles. The van der Waals surface area contributed by atoms with Crippen molar-refractivity contribution in [1.29, 1.82) is 0 Å². The third-order valence-corrected chi connectivity index (χ3v) is 3.11. The van der Waals surface area contributed by atoms with E-state index in [4.69, 9.17) is 11.6 Å². The summed E-state index contributed by atoms with van der Waals surface area (Å²) in [5.41, 5.74) is 2.03. The molecule has 0 amide bonds. The third-order valence-electron chi connectivity index (χ3n) is 2.21. The maximum absolute atomic E-state index is 6.11. The van der Waals surface area contributed by atoms with E-state index < -0.39 is 0 Å². The van der Waals surface area contributed by atoms with Crippen LogP contribution in [0.25, 0.3) is 10.9 Å². The summed E-state index contributed by atoms with van der Waals surface area (Å²) in [7, 11) is 0. The molecule has 2 aromatic rings. The van der Waals surface area contributed by atoms with Gasteiger partial charge in [0.1, 0.15) is 11.0 Å². The number of halogens is 2. The number of hydrogen-bond acceptors (Lipinski definition) is 2. The van der Waals surface area contributed by atoms with Gasteiger partial charge in [-0.05, 0) is 40.5 Å². The molecule has 0 aliphatic heterocycles. The van der Waals surface area contributed by atoms with Gasteiger partial charge in [0.25, 0.3) is 0 Å². The molecular formula is C11H10BrClN2. The lowest BCUT2D eigenvalue weighted by Crippen LogP contribution is -1.95. The van der Waals surface area contributed by atoms with Gasteiger partial charge in [-0.2, -0.15) is 0 Å². The molecule has 2 rings (SSSR count). The first-order chi connectivity index (χ1) is 7.11. The van der Waals surface area contributed by atoms with Crippen LogP contribution in [0.15, 0.2) is 16.6 Å². The number of hydrogen-bond donors (Lipinski definition) is 0. The van der Waals surface area contributed by atoms with Crippen molar-refractivity contribution in [1.82, 2.24) is 9.97 Å². The van der Waals surface area contributed by atoms with Crippen molar-refractivity contribution in [2.75, 3.05) is 0 Å². The summed E-state index contributed by atoms with van der Waals surface area (Å²) in [4.78, 5) is 8.69. The first kappa shape index (κ1) is 10.8. The number of nitrogens with zero attached hydrogens (tertiary/aromatic N) is 2. The van der Waals surface area contributed by atoms with Gasteiger partial charge in [0.05, 0.1) is 5.52 Å². The Kier molecular flexibility index (Phi) is 2.94. The van der Waals surface area contributed by atoms with Gasteiger partial charge >= 0.3 is 0 Å². The Balaban J connectivity index is 2.85. The molecule has 4 heteroatoms. The van der Waals surface area contributed by atoms with E-state index in [0.29, 0.717) is 5.15 Å². The van der Waals surface area contributed by atoms with E-state index in [1.807, 2.05) is 26.0 Å². The van der Waals surface area contributed by atoms with Crippen molar-refractivity contribution >= 4 is 38.4 Å². The van der Waals surface area contributed by atoms with Crippen LogP contribution in [-0.2, 0) is 6.42 Å². The van der Waals surface area contributed by atoms with Gasteiger partial charge in [0, 0.05) is 16.3 Å². The molecule has 78 valence electrons. The van der Waals surface area contributed by atoms with E-state index in [2.05, 4.69) is 25.9 Å². The van der Waals surface area contributed by atoms with Crippen molar-refractivity contribution < 1.29 is 0 Å². The van der Waals surface area contributed by atoms with E-state index in [0.717, 1.165) is 33.2 Å². The highest BCUT2D eigenvalue weighted by atomic mass is 79.9. The van der Waals surface area contributed by atoms with Gasteiger partial charge in [0.15, 0.2) is 0 Å². The molecule has 1 aromatic carbocycles. The molecule has 15 heavy (non-hydrogen) atoms. The minimum Gasteiger partial charge on any atom is -0.232 e. The quantitative estimate of drug-likeness (QED) is 0.742. The Morgan fingerprint density at radius 2 is 2.07 bits per heavy atom. The van der Waals surface area contributed by atoms with Crippen LogP contribution in [0.3, 0.4) is 0 Å². The molecule has 0 unspecified atom stereocenters. The summed E-state index contributed by atoms with van der Waals surface area (Å²) in [5.74, 6) is 0.775. The molecule has 0 bridgehead atoms. The van der Waals surface area contributed by atoms with E-state index in [1.54, 1.807) is 0 Å². The predicted octanol–water partition coefficient (Wildman–Crippen LogP) is 3.92. The van der Waals surface area contributed by atoms with Crippen LogP contribution in [0.5, 0.6) is 0 Å². The SMILES string of the molecule is CCc1nc(Cl)c2cc(C)cc(Br)c2n1. The largest absolute Gasteiger partial charge is 0.232 e. The highest BCUT2D eigenvalue weighted by Gasteiger charge is 2.08. The van der Waals surface area contributed by atoms with Gasteiger partial charge in [-0.1, -0.05) is 18.5 Å². The van der Waals surface area contributed by atoms with E-state index in [9.17, 15) is 0 Å². The van der Waals surface area contributed by atoms with E-state index in [1.165, 1.54) is 0 Å². The Hall–Kier alpha value is -0.670. The van der Waals surface area contributed by atoms with Gasteiger partial charge in [-0.3, -0.25) is 0 Å². The molecule has 2 nitrogen and oxygen atoms in total. The molecule has 0 fully saturated rings. The fourth-order valence-electron chi connectivity index (χ4n) is 1.49. The molecule has 0 radical (unpaired) electrons. The molecule has 0 N–H and O–H groups in total. The minimum atomic E-state index is 0.529. The number of aryl methyl sites for hydroxylation is 2. The summed E-state index contributed by atoms with van der Waals surface area (Å²) in [5, 5.41) is 1.43. The van der Waals surface area contributed by atoms with Gasteiger partial charge in [0.2, 0.25) is 0 Å². The van der Waals surface area contributed by atoms with E-state index >= 15 is 0 Å². The van der Waals surface area contributed by atoms with Gasteiger partial charge < -0.3 is 0 Å². The Labute approximate surface area is 102 Å². The average molecular weight is 286 g/mol. The zero-order chi connectivity index (χ0) is 11.0. The normalized spacial score (nSPS) is 10.9. The lowest BCUT2D eigenvalue weighted by molar-refractivity contribution is 0.960. The second-order valence-corrected chi connectivity index (χ2v) is 4.64. The molecule has 0 aliphatic carbocycles. The fourth-order valence-corrected chi connectivity index (χ4v) is 2.40. The van der Waals surface area contributed by atoms with Crippen LogP contribution < -0.4 is 0 Å². The fraction of sp³-hybridized carbons (Fsp3) is 0.273. The lowest BCUT2D eigenvalue weighted by atomic mass is 10.2. The van der Waals surface area contributed by atoms with Crippen molar-refractivity contribution in [3.63, 3.8) is 0 Å². The standard InChI is InChI=1S/C11H10BrClN2/c1-3-9-14-10-7(11(13)15-9)4-6(2)5-8(10)12/h4-5H,3H2,1-2H3. The summed E-state index contributed by atoms with van der Waals surface area (Å²) in [6.07, 6.45) is 0.788. The van der Waals surface area contributed by atoms with E-state index in [-0.39, 0.29) is 0 Å². The van der Waals surface area contributed by atoms with Crippen LogP contribution in [0.4, 0.5) is 0 Å². The van der Waals surface area contributed by atoms with Gasteiger partial charge in [-0.25, -0.2) is 9.97 Å². The van der Waals surface area contributed by atoms with Crippen molar-refractivity contribution in [2.45, 2.75) is 20.3 Å². The number of rotatable bonds is 1. The second kappa shape index (κ2) is 4.06. The van der Waals surface area contributed by atoms with Crippen LogP contribution in [0.1, 0.15) is 18.3 Å². The molecule has 0 saturated heterocycles. The topological polar surface area (TPSA) is 25.8 Å². The van der Waals surface area contributed by atoms with Crippen LogP contribution >= 0.6 is 27.5 Å². The van der Waals surface area contributed by atoms with Crippen LogP contribution in [0, 0.1) is 6.92 Å². The monoisotopic (exact) mass is 284 g/mol. The summed E-state index contributed by atoms with van der Waals surface area (Å²) in [6.45, 7) is 4.04. The Bertz CT molecular complexity index is 525. The molecule has 0 spiro atoms. The number of fused-ring (bicyclic) bond motifs is 1. The molecule has 0 saturated carbocycles. The average Bonchev–Trinajstić information content (AvgIpc) is 2.19. The third kappa shape index (κ3) is 1.99. The maximum Gasteiger partial charge on any atom is 0.140 e. The summed E-state index contributed by atoms with van der Waals surface area (Å²) < 4.78 is 0.969. The zero-order valence-electron chi connectivity index (χ0n) is 8.51. The summed E-state index contributed by atoms with van der Waals surface area (Å²) in [6, 6.07) is 4.03. The molecular weight excluding hydrogens is 275 g/mol. The van der Waals surface area contributed by atoms with Crippen LogP contribution in [0.2, 0.25) is 5.15 Å². The lowest BCUT2D eigenvalue weighted by Gasteiger charge is -2.05.